The molecule has 0 aliphatic rings. The van der Waals surface area contributed by atoms with Crippen LogP contribution in [0.25, 0.3) is 0 Å². The maximum absolute atomic E-state index is 4.00. The fourth-order valence-corrected chi connectivity index (χ4v) is 0. The van der Waals surface area contributed by atoms with E-state index in [-0.39, 0.29) is 22.5 Å². The summed E-state index contributed by atoms with van der Waals surface area (Å²) in [6.45, 7) is 0. The topological polar surface area (TPSA) is 83.5 Å². The van der Waals surface area contributed by atoms with Gasteiger partial charge in [-0.15, -0.1) is 0 Å². The van der Waals surface area contributed by atoms with Crippen LogP contribution in [-0.4, -0.2) is 5.48 Å². The van der Waals surface area contributed by atoms with Crippen molar-refractivity contribution in [3.63, 3.8) is 0 Å². The molecule has 0 rings (SSSR count). The molecule has 0 aromatic heterocycles. The van der Waals surface area contributed by atoms with E-state index in [4.69, 9.17) is 0 Å². The van der Waals surface area contributed by atoms with Gasteiger partial charge in [0.25, 0.3) is 0 Å². The van der Waals surface area contributed by atoms with Gasteiger partial charge in [-0.3, -0.25) is 11.7 Å². The summed E-state index contributed by atoms with van der Waals surface area (Å²) in [7, 11) is 0. The van der Waals surface area contributed by atoms with E-state index in [1.807, 2.05) is 0 Å². The van der Waals surface area contributed by atoms with Crippen LogP contribution < -0.4 is 11.7 Å². The third-order valence-corrected chi connectivity index (χ3v) is 0. The van der Waals surface area contributed by atoms with E-state index in [1.54, 1.807) is 0 Å². The molecule has 0 heterocycles. The van der Waals surface area contributed by atoms with Gasteiger partial charge in [0.1, 0.15) is 0 Å². The van der Waals surface area contributed by atoms with Crippen LogP contribution in [0.2, 0.25) is 0 Å². The van der Waals surface area contributed by atoms with E-state index in [0.29, 0.717) is 0 Å². The molecule has 0 saturated carbocycles. The van der Waals surface area contributed by atoms with E-state index in [9.17, 15) is 0 Å². The van der Waals surface area contributed by atoms with Crippen molar-refractivity contribution >= 4 is 0 Å². The molecule has 0 aliphatic heterocycles. The minimum atomic E-state index is 0. The summed E-state index contributed by atoms with van der Waals surface area (Å²) in [5.74, 6) is 8.00. The Morgan fingerprint density at radius 2 is 1.00 bits per heavy atom. The monoisotopic (exact) mass is 105 g/mol. The summed E-state index contributed by atoms with van der Waals surface area (Å²) < 4.78 is 0. The molecule has 0 aromatic rings. The zero-order valence-corrected chi connectivity index (χ0v) is 3.21. The third kappa shape index (κ3) is 29.4. The molecule has 6 N–H and O–H groups in total. The standard InChI is InChI=1S/Mn.H4N2.H2O/c;1-2;/h;1-2H2;1H2. The molecule has 0 saturated heterocycles. The smallest absolute Gasteiger partial charge is 0 e. The number of nitrogens with two attached hydrogens (primary N) is 2. The molecular formula is H6MnN2O. The number of rotatable bonds is 0. The Hall–Kier alpha value is 0.399. The quantitative estimate of drug-likeness (QED) is 0.212. The van der Waals surface area contributed by atoms with Crippen LogP contribution in [0.4, 0.5) is 0 Å². The number of hydrogen-bond donors (Lipinski definition) is 2. The van der Waals surface area contributed by atoms with Crippen molar-refractivity contribution in [2.75, 3.05) is 0 Å². The summed E-state index contributed by atoms with van der Waals surface area (Å²) >= 11 is 0. The Labute approximate surface area is 35.1 Å². The first-order chi connectivity index (χ1) is 1.00. The van der Waals surface area contributed by atoms with Gasteiger partial charge in [-0.2, -0.15) is 0 Å². The van der Waals surface area contributed by atoms with Crippen LogP contribution in [0.1, 0.15) is 0 Å². The Bertz CT molecular complexity index is 6.00. The number of hydrazine groups is 1. The molecule has 0 amide bonds. The fourth-order valence-electron chi connectivity index (χ4n) is 0. The molecule has 0 aromatic carbocycles. The first kappa shape index (κ1) is 26.0. The summed E-state index contributed by atoms with van der Waals surface area (Å²) in [5.41, 5.74) is 0. The molecule has 3 nitrogen and oxygen atoms in total. The Kier molecular flexibility index (Phi) is 796. The van der Waals surface area contributed by atoms with Gasteiger partial charge in [-0.1, -0.05) is 0 Å². The number of hydrogen-bond acceptors (Lipinski definition) is 2. The molecule has 0 unspecified atom stereocenters. The minimum Gasteiger partial charge on any atom is -0.412 e. The van der Waals surface area contributed by atoms with E-state index in [2.05, 4.69) is 11.7 Å². The van der Waals surface area contributed by atoms with Gasteiger partial charge in [-0.25, -0.2) is 0 Å². The van der Waals surface area contributed by atoms with Crippen molar-refractivity contribution < 1.29 is 22.5 Å². The molecule has 4 heavy (non-hydrogen) atoms. The maximum Gasteiger partial charge on any atom is 0 e. The first-order valence-electron chi connectivity index (χ1n) is 0.333. The summed E-state index contributed by atoms with van der Waals surface area (Å²) in [6.07, 6.45) is 0. The molecule has 1 radical (unpaired) electrons. The van der Waals surface area contributed by atoms with E-state index in [0.717, 1.165) is 0 Å². The zero-order valence-electron chi connectivity index (χ0n) is 2.03. The van der Waals surface area contributed by atoms with Crippen LogP contribution in [0.15, 0.2) is 0 Å². The largest absolute Gasteiger partial charge is 0.412 e. The van der Waals surface area contributed by atoms with Crippen molar-refractivity contribution in [2.24, 2.45) is 11.7 Å². The van der Waals surface area contributed by atoms with Gasteiger partial charge in [0, 0.05) is 17.1 Å². The average molecular weight is 105 g/mol. The third-order valence-electron chi connectivity index (χ3n) is 0. The van der Waals surface area contributed by atoms with Gasteiger partial charge < -0.3 is 5.48 Å². The Morgan fingerprint density at radius 1 is 1.00 bits per heavy atom. The van der Waals surface area contributed by atoms with Crippen LogP contribution in [0.3, 0.4) is 0 Å². The van der Waals surface area contributed by atoms with Crippen molar-refractivity contribution in [3.8, 4) is 0 Å². The van der Waals surface area contributed by atoms with Crippen LogP contribution >= 0.6 is 0 Å². The van der Waals surface area contributed by atoms with Crippen LogP contribution in [0.5, 0.6) is 0 Å². The van der Waals surface area contributed by atoms with Crippen LogP contribution in [0, 0.1) is 0 Å². The predicted molar refractivity (Wildman–Crippen MR) is 12.0 cm³/mol. The molecule has 0 aliphatic carbocycles. The molecule has 4 heteroatoms. The van der Waals surface area contributed by atoms with E-state index >= 15 is 0 Å². The molecule has 0 spiro atoms. The molecule has 0 atom stereocenters. The first-order valence-corrected chi connectivity index (χ1v) is 0.333. The van der Waals surface area contributed by atoms with Crippen molar-refractivity contribution in [1.82, 2.24) is 0 Å². The normalized spacial score (nSPS) is 1.50. The molecule has 0 bridgehead atoms. The average Bonchev–Trinajstić information content (AvgIpc) is 1.00. The van der Waals surface area contributed by atoms with Gasteiger partial charge in [0.2, 0.25) is 0 Å². The maximum atomic E-state index is 4.00. The fraction of sp³-hybridized carbons (Fsp3) is 0. The van der Waals surface area contributed by atoms with Gasteiger partial charge >= 0.3 is 0 Å². The van der Waals surface area contributed by atoms with Gasteiger partial charge in [-0.05, 0) is 0 Å². The second-order valence-electron chi connectivity index (χ2n) is 0. The zero-order chi connectivity index (χ0) is 2.00. The Morgan fingerprint density at radius 3 is 1.00 bits per heavy atom. The summed E-state index contributed by atoms with van der Waals surface area (Å²) in [5, 5.41) is 0. The van der Waals surface area contributed by atoms with Gasteiger partial charge in [0.15, 0.2) is 0 Å². The van der Waals surface area contributed by atoms with Crippen molar-refractivity contribution in [3.05, 3.63) is 0 Å². The van der Waals surface area contributed by atoms with E-state index in [1.165, 1.54) is 0 Å². The molecule has 0 fully saturated rings. The second kappa shape index (κ2) is 123. The van der Waals surface area contributed by atoms with E-state index < -0.39 is 0 Å². The summed E-state index contributed by atoms with van der Waals surface area (Å²) in [4.78, 5) is 0. The Balaban J connectivity index is -0.00000000500. The minimum absolute atomic E-state index is 0. The molecular weight excluding hydrogens is 99.0 g/mol. The predicted octanol–water partition coefficient (Wildman–Crippen LogP) is -2.01. The van der Waals surface area contributed by atoms with Crippen LogP contribution in [-0.2, 0) is 17.1 Å². The molecule has 29 valence electrons. The van der Waals surface area contributed by atoms with Gasteiger partial charge in [0.05, 0.1) is 0 Å². The van der Waals surface area contributed by atoms with Crippen molar-refractivity contribution in [2.45, 2.75) is 0 Å². The van der Waals surface area contributed by atoms with Crippen molar-refractivity contribution in [1.29, 1.82) is 0 Å². The SMILES string of the molecule is NN.O.[Mn]. The summed E-state index contributed by atoms with van der Waals surface area (Å²) in [6, 6.07) is 0. The second-order valence-corrected chi connectivity index (χ2v) is 0.